The molecule has 1 amide bonds. The summed E-state index contributed by atoms with van der Waals surface area (Å²) in [7, 11) is 2.08. The third-order valence-electron chi connectivity index (χ3n) is 9.27. The van der Waals surface area contributed by atoms with E-state index >= 15 is 4.39 Å². The van der Waals surface area contributed by atoms with Crippen LogP contribution in [-0.4, -0.2) is 84.1 Å². The van der Waals surface area contributed by atoms with Gasteiger partial charge >= 0.3 is 6.01 Å². The van der Waals surface area contributed by atoms with E-state index in [4.69, 9.17) is 16.3 Å². The van der Waals surface area contributed by atoms with Gasteiger partial charge in [0.1, 0.15) is 24.0 Å². The number of amides is 1. The monoisotopic (exact) mass is 582 g/mol. The fourth-order valence-electron chi connectivity index (χ4n) is 7.03. The number of rotatable bonds is 7. The third kappa shape index (κ3) is 5.56. The van der Waals surface area contributed by atoms with E-state index in [9.17, 15) is 4.79 Å². The summed E-state index contributed by atoms with van der Waals surface area (Å²) in [4.78, 5) is 31.6. The molecular formula is C34H39FN6O2. The minimum absolute atomic E-state index is 0.131. The van der Waals surface area contributed by atoms with E-state index in [1.807, 2.05) is 29.2 Å². The fourth-order valence-corrected chi connectivity index (χ4v) is 7.03. The number of anilines is 1. The lowest BCUT2D eigenvalue weighted by Crippen LogP contribution is -2.56. The first-order valence-corrected chi connectivity index (χ1v) is 15.1. The van der Waals surface area contributed by atoms with Crippen LogP contribution in [0.15, 0.2) is 43.0 Å². The number of piperazine rings is 1. The van der Waals surface area contributed by atoms with Crippen LogP contribution in [-0.2, 0) is 17.6 Å². The molecule has 3 aliphatic rings. The Kier molecular flexibility index (Phi) is 7.82. The van der Waals surface area contributed by atoms with Crippen LogP contribution >= 0.6 is 0 Å². The van der Waals surface area contributed by atoms with E-state index in [0.29, 0.717) is 43.0 Å². The third-order valence-corrected chi connectivity index (χ3v) is 9.27. The highest BCUT2D eigenvalue weighted by atomic mass is 19.1. The minimum Gasteiger partial charge on any atom is -0.462 e. The second kappa shape index (κ2) is 11.6. The molecular weight excluding hydrogens is 543 g/mol. The second-order valence-corrected chi connectivity index (χ2v) is 12.9. The maximum atomic E-state index is 16.7. The fraction of sp³-hybridized carbons (Fsp3) is 0.471. The average Bonchev–Trinajstić information content (AvgIpc) is 3.56. The molecule has 3 heterocycles. The summed E-state index contributed by atoms with van der Waals surface area (Å²) in [6.07, 6.45) is 5.29. The highest BCUT2D eigenvalue weighted by Gasteiger charge is 2.34. The van der Waals surface area contributed by atoms with Crippen LogP contribution < -0.4 is 9.64 Å². The van der Waals surface area contributed by atoms with Gasteiger partial charge in [-0.2, -0.15) is 9.97 Å². The number of fused-ring (bicyclic) bond motifs is 2. The smallest absolute Gasteiger partial charge is 0.319 e. The van der Waals surface area contributed by atoms with Crippen LogP contribution in [0.3, 0.4) is 0 Å². The van der Waals surface area contributed by atoms with Gasteiger partial charge in [-0.1, -0.05) is 44.7 Å². The Balaban J connectivity index is 1.43. The molecule has 0 saturated carbocycles. The number of halogens is 1. The Morgan fingerprint density at radius 3 is 2.74 bits per heavy atom. The first-order chi connectivity index (χ1) is 20.7. The molecule has 9 heteroatoms. The molecule has 0 unspecified atom stereocenters. The van der Waals surface area contributed by atoms with E-state index in [1.54, 1.807) is 4.90 Å². The van der Waals surface area contributed by atoms with Gasteiger partial charge in [-0.15, -0.1) is 0 Å². The Morgan fingerprint density at radius 2 is 2.00 bits per heavy atom. The van der Waals surface area contributed by atoms with Crippen molar-refractivity contribution in [3.05, 3.63) is 71.3 Å². The highest BCUT2D eigenvalue weighted by Crippen LogP contribution is 2.43. The van der Waals surface area contributed by atoms with E-state index in [-0.39, 0.29) is 47.3 Å². The van der Waals surface area contributed by atoms with Crippen LogP contribution in [0.4, 0.5) is 10.2 Å². The summed E-state index contributed by atoms with van der Waals surface area (Å²) in [5.74, 6) is -0.0228. The second-order valence-electron chi connectivity index (χ2n) is 12.9. The van der Waals surface area contributed by atoms with Crippen molar-refractivity contribution in [3.63, 3.8) is 0 Å². The van der Waals surface area contributed by atoms with E-state index in [1.165, 1.54) is 17.2 Å². The summed E-state index contributed by atoms with van der Waals surface area (Å²) in [5.41, 5.74) is 4.26. The molecule has 2 saturated heterocycles. The lowest BCUT2D eigenvalue weighted by molar-refractivity contribution is -0.128. The molecule has 0 radical (unpaired) electrons. The number of nitrogens with zero attached hydrogens (tertiary/aromatic N) is 6. The van der Waals surface area contributed by atoms with Gasteiger partial charge in [0.05, 0.1) is 0 Å². The van der Waals surface area contributed by atoms with Gasteiger partial charge in [-0.05, 0) is 73.5 Å². The predicted octanol–water partition coefficient (Wildman–Crippen LogP) is 5.16. The molecule has 0 spiro atoms. The standard InChI is InChI=1S/C34H39FN6O2/c1-6-29(42)41-16-15-40(20-24(41)19-36-4)32-27-13-12-26(25-11-7-9-22-17-34(2,3)18-28(22)25)30(35)31(27)37-33(38-32)43-21-23-10-8-14-39(23)5/h6-7,9,11-13,23-24H,1,8,10,14-21H2,2-3,5H3/t23-,24-/m0/s1. The summed E-state index contributed by atoms with van der Waals surface area (Å²) in [6.45, 7) is 18.5. The zero-order chi connectivity index (χ0) is 30.3. The predicted molar refractivity (Wildman–Crippen MR) is 167 cm³/mol. The quantitative estimate of drug-likeness (QED) is 0.284. The molecule has 2 atom stereocenters. The summed E-state index contributed by atoms with van der Waals surface area (Å²) in [5, 5.41) is 0.588. The minimum atomic E-state index is -0.389. The number of carbonyl (C=O) groups excluding carboxylic acids is 1. The van der Waals surface area contributed by atoms with Gasteiger partial charge in [0, 0.05) is 36.6 Å². The number of hydrogen-bond donors (Lipinski definition) is 0. The topological polar surface area (TPSA) is 66.2 Å². The van der Waals surface area contributed by atoms with Crippen LogP contribution in [0.1, 0.15) is 37.8 Å². The molecule has 8 nitrogen and oxygen atoms in total. The van der Waals surface area contributed by atoms with Crippen LogP contribution in [0.5, 0.6) is 6.01 Å². The average molecular weight is 583 g/mol. The number of benzene rings is 2. The zero-order valence-electron chi connectivity index (χ0n) is 25.3. The van der Waals surface area contributed by atoms with Crippen molar-refractivity contribution in [2.75, 3.05) is 51.3 Å². The molecule has 1 aliphatic carbocycles. The van der Waals surface area contributed by atoms with Gasteiger partial charge in [0.15, 0.2) is 5.82 Å². The number of carbonyl (C=O) groups is 1. The van der Waals surface area contributed by atoms with Crippen LogP contribution in [0, 0.1) is 17.8 Å². The first kappa shape index (κ1) is 29.1. The molecule has 2 aromatic carbocycles. The van der Waals surface area contributed by atoms with Gasteiger partial charge in [-0.3, -0.25) is 4.79 Å². The highest BCUT2D eigenvalue weighted by molar-refractivity contribution is 5.94. The van der Waals surface area contributed by atoms with Crippen molar-refractivity contribution in [1.29, 1.82) is 0 Å². The summed E-state index contributed by atoms with van der Waals surface area (Å²) in [6, 6.07) is 9.97. The van der Waals surface area contributed by atoms with Crippen molar-refractivity contribution in [1.82, 2.24) is 19.8 Å². The molecule has 2 aliphatic heterocycles. The molecule has 0 N–H and O–H groups in total. The van der Waals surface area contributed by atoms with Gasteiger partial charge in [-0.25, -0.2) is 11.0 Å². The lowest BCUT2D eigenvalue weighted by Gasteiger charge is -2.39. The number of aromatic nitrogens is 2. The number of ether oxygens (including phenoxy) is 1. The first-order valence-electron chi connectivity index (χ1n) is 15.1. The molecule has 224 valence electrons. The SMILES string of the molecule is [C-]#[N+]C[C@H]1CN(c2nc(OC[C@@H]3CCCN3C)nc3c(F)c(-c4cccc5c4CC(C)(C)C5)ccc23)CCN1C(=O)C=C. The maximum absolute atomic E-state index is 16.7. The number of likely N-dealkylation sites (tertiary alicyclic amines) is 1. The Labute approximate surface area is 253 Å². The Bertz CT molecular complexity index is 1610. The normalized spacial score (nSPS) is 21.6. The van der Waals surface area contributed by atoms with Gasteiger partial charge < -0.3 is 24.3 Å². The zero-order valence-corrected chi connectivity index (χ0v) is 25.3. The van der Waals surface area contributed by atoms with Crippen molar-refractivity contribution >= 4 is 22.6 Å². The van der Waals surface area contributed by atoms with Crippen molar-refractivity contribution in [2.24, 2.45) is 5.41 Å². The lowest BCUT2D eigenvalue weighted by atomic mass is 9.89. The van der Waals surface area contributed by atoms with Crippen LogP contribution in [0.2, 0.25) is 0 Å². The largest absolute Gasteiger partial charge is 0.462 e. The Hall–Kier alpha value is -4.03. The maximum Gasteiger partial charge on any atom is 0.319 e. The Morgan fingerprint density at radius 1 is 1.16 bits per heavy atom. The van der Waals surface area contributed by atoms with Gasteiger partial charge in [0.2, 0.25) is 12.5 Å². The van der Waals surface area contributed by atoms with E-state index < -0.39 is 0 Å². The summed E-state index contributed by atoms with van der Waals surface area (Å²) >= 11 is 0. The number of likely N-dealkylation sites (N-methyl/N-ethyl adjacent to an activating group) is 1. The van der Waals surface area contributed by atoms with Crippen molar-refractivity contribution < 1.29 is 13.9 Å². The van der Waals surface area contributed by atoms with E-state index in [0.717, 1.165) is 37.8 Å². The van der Waals surface area contributed by atoms with E-state index in [2.05, 4.69) is 48.3 Å². The van der Waals surface area contributed by atoms with Gasteiger partial charge in [0.25, 0.3) is 0 Å². The summed E-state index contributed by atoms with van der Waals surface area (Å²) < 4.78 is 22.9. The van der Waals surface area contributed by atoms with Crippen LogP contribution in [0.25, 0.3) is 26.9 Å². The van der Waals surface area contributed by atoms with Crippen molar-refractivity contribution in [3.8, 4) is 17.1 Å². The molecule has 1 aromatic heterocycles. The molecule has 43 heavy (non-hydrogen) atoms. The molecule has 0 bridgehead atoms. The molecule has 2 fully saturated rings. The van der Waals surface area contributed by atoms with Crippen molar-refractivity contribution in [2.45, 2.75) is 51.6 Å². The molecule has 6 rings (SSSR count). The molecule has 3 aromatic rings. The number of hydrogen-bond acceptors (Lipinski definition) is 6.